The summed E-state index contributed by atoms with van der Waals surface area (Å²) in [5.41, 5.74) is 6.89. The van der Waals surface area contributed by atoms with Crippen molar-refractivity contribution < 1.29 is 4.42 Å². The van der Waals surface area contributed by atoms with E-state index in [2.05, 4.69) is 164 Å². The van der Waals surface area contributed by atoms with Crippen LogP contribution < -0.4 is 0 Å². The molecule has 0 saturated heterocycles. The van der Waals surface area contributed by atoms with E-state index >= 15 is 0 Å². The lowest BCUT2D eigenvalue weighted by atomic mass is 9.84. The van der Waals surface area contributed by atoms with Gasteiger partial charge in [-0.3, -0.25) is 0 Å². The van der Waals surface area contributed by atoms with Crippen LogP contribution in [0.2, 0.25) is 0 Å². The molecule has 11 rings (SSSR count). The molecule has 49 heavy (non-hydrogen) atoms. The summed E-state index contributed by atoms with van der Waals surface area (Å²) in [5.74, 6) is 0. The number of hydrogen-bond donors (Lipinski definition) is 0. The summed E-state index contributed by atoms with van der Waals surface area (Å²) < 4.78 is 6.22. The van der Waals surface area contributed by atoms with Crippen molar-refractivity contribution in [3.8, 4) is 22.3 Å². The maximum Gasteiger partial charge on any atom is 0.136 e. The molecule has 0 aliphatic rings. The van der Waals surface area contributed by atoms with Gasteiger partial charge in [0, 0.05) is 10.8 Å². The third-order valence-corrected chi connectivity index (χ3v) is 10.6. The van der Waals surface area contributed by atoms with Gasteiger partial charge in [0.25, 0.3) is 0 Å². The van der Waals surface area contributed by atoms with E-state index in [1.807, 2.05) is 6.07 Å². The first kappa shape index (κ1) is 26.6. The molecule has 0 bridgehead atoms. The van der Waals surface area contributed by atoms with E-state index in [0.29, 0.717) is 0 Å². The Morgan fingerprint density at radius 3 is 1.65 bits per heavy atom. The first-order valence-electron chi connectivity index (χ1n) is 16.9. The zero-order valence-electron chi connectivity index (χ0n) is 26.6. The van der Waals surface area contributed by atoms with Crippen LogP contribution in [0.25, 0.3) is 109 Å². The molecule has 0 aliphatic heterocycles. The van der Waals surface area contributed by atoms with Gasteiger partial charge in [-0.25, -0.2) is 0 Å². The molecule has 0 saturated carbocycles. The summed E-state index contributed by atoms with van der Waals surface area (Å²) in [4.78, 5) is 0. The zero-order valence-corrected chi connectivity index (χ0v) is 26.6. The number of benzene rings is 10. The lowest BCUT2D eigenvalue weighted by Crippen LogP contribution is -1.92. The van der Waals surface area contributed by atoms with Gasteiger partial charge in [-0.1, -0.05) is 140 Å². The third kappa shape index (κ3) is 3.82. The molecular formula is C48H28O. The van der Waals surface area contributed by atoms with Crippen LogP contribution >= 0.6 is 0 Å². The number of fused-ring (bicyclic) bond motifs is 11. The van der Waals surface area contributed by atoms with Crippen molar-refractivity contribution >= 4 is 86.6 Å². The highest BCUT2D eigenvalue weighted by atomic mass is 16.3. The highest BCUT2D eigenvalue weighted by molar-refractivity contribution is 6.26. The van der Waals surface area contributed by atoms with Crippen LogP contribution in [0.3, 0.4) is 0 Å². The maximum atomic E-state index is 6.22. The average molecular weight is 621 g/mol. The van der Waals surface area contributed by atoms with Crippen molar-refractivity contribution in [2.75, 3.05) is 0 Å². The Bertz CT molecular complexity index is 3100. The van der Waals surface area contributed by atoms with Gasteiger partial charge in [-0.2, -0.15) is 0 Å². The molecule has 10 aromatic carbocycles. The van der Waals surface area contributed by atoms with Crippen molar-refractivity contribution in [3.05, 3.63) is 170 Å². The largest absolute Gasteiger partial charge is 0.456 e. The molecule has 226 valence electrons. The van der Waals surface area contributed by atoms with Crippen LogP contribution in [0, 0.1) is 0 Å². The minimum Gasteiger partial charge on any atom is -0.456 e. The predicted octanol–water partition coefficient (Wildman–Crippen LogP) is 13.8. The van der Waals surface area contributed by atoms with E-state index in [1.54, 1.807) is 0 Å². The first-order valence-corrected chi connectivity index (χ1v) is 16.9. The Hall–Kier alpha value is -6.44. The minimum atomic E-state index is 0.927. The van der Waals surface area contributed by atoms with Gasteiger partial charge >= 0.3 is 0 Å². The SMILES string of the molecule is c1ccc2cc3c(ccc4c(-c5c6ccccc6c(-c6ccc7c(ccc8oc9ccccc9c87)c6)c6ccccc56)cccc43)cc2c1. The van der Waals surface area contributed by atoms with Crippen molar-refractivity contribution in [1.82, 2.24) is 0 Å². The lowest BCUT2D eigenvalue weighted by Gasteiger charge is -2.19. The molecule has 0 aliphatic carbocycles. The zero-order chi connectivity index (χ0) is 32.1. The van der Waals surface area contributed by atoms with E-state index in [-0.39, 0.29) is 0 Å². The number of rotatable bonds is 2. The van der Waals surface area contributed by atoms with Gasteiger partial charge in [0.2, 0.25) is 0 Å². The molecule has 0 spiro atoms. The van der Waals surface area contributed by atoms with E-state index in [1.165, 1.54) is 92.3 Å². The first-order chi connectivity index (χ1) is 24.3. The van der Waals surface area contributed by atoms with E-state index in [0.717, 1.165) is 16.6 Å². The van der Waals surface area contributed by atoms with E-state index in [4.69, 9.17) is 4.42 Å². The van der Waals surface area contributed by atoms with Gasteiger partial charge in [-0.05, 0) is 117 Å². The van der Waals surface area contributed by atoms with Gasteiger partial charge in [0.1, 0.15) is 11.2 Å². The predicted molar refractivity (Wildman–Crippen MR) is 210 cm³/mol. The van der Waals surface area contributed by atoms with Crippen molar-refractivity contribution in [2.24, 2.45) is 0 Å². The molecular weight excluding hydrogens is 593 g/mol. The molecule has 0 atom stereocenters. The van der Waals surface area contributed by atoms with E-state index < -0.39 is 0 Å². The molecule has 0 amide bonds. The van der Waals surface area contributed by atoms with Crippen molar-refractivity contribution in [1.29, 1.82) is 0 Å². The molecule has 0 N–H and O–H groups in total. The molecule has 0 fully saturated rings. The van der Waals surface area contributed by atoms with Gasteiger partial charge in [-0.15, -0.1) is 0 Å². The average Bonchev–Trinajstić information content (AvgIpc) is 3.55. The van der Waals surface area contributed by atoms with Crippen LogP contribution in [0.15, 0.2) is 174 Å². The Balaban J connectivity index is 1.20. The van der Waals surface area contributed by atoms with Crippen LogP contribution in [0.4, 0.5) is 0 Å². The molecule has 1 aromatic heterocycles. The Morgan fingerprint density at radius 1 is 0.286 bits per heavy atom. The Kier molecular flexibility index (Phi) is 5.45. The van der Waals surface area contributed by atoms with Crippen LogP contribution in [-0.4, -0.2) is 0 Å². The normalized spacial score (nSPS) is 12.1. The summed E-state index contributed by atoms with van der Waals surface area (Å²) in [6, 6.07) is 62.3. The number of furan rings is 1. The van der Waals surface area contributed by atoms with Crippen LogP contribution in [0.1, 0.15) is 0 Å². The van der Waals surface area contributed by atoms with E-state index in [9.17, 15) is 0 Å². The third-order valence-electron chi connectivity index (χ3n) is 10.6. The summed E-state index contributed by atoms with van der Waals surface area (Å²) in [5, 5.41) is 17.5. The van der Waals surface area contributed by atoms with Crippen molar-refractivity contribution in [3.63, 3.8) is 0 Å². The second kappa shape index (κ2) is 10.0. The quantitative estimate of drug-likeness (QED) is 0.138. The summed E-state index contributed by atoms with van der Waals surface area (Å²) in [6.07, 6.45) is 0. The minimum absolute atomic E-state index is 0.927. The Morgan fingerprint density at radius 2 is 0.878 bits per heavy atom. The fraction of sp³-hybridized carbons (Fsp3) is 0. The molecule has 11 aromatic rings. The Labute approximate surface area is 282 Å². The maximum absolute atomic E-state index is 6.22. The molecule has 1 heterocycles. The fourth-order valence-corrected chi connectivity index (χ4v) is 8.44. The second-order valence-electron chi connectivity index (χ2n) is 13.2. The highest BCUT2D eigenvalue weighted by Crippen LogP contribution is 2.47. The standard InChI is InChI=1S/C48H28O/c1-2-11-30-28-43-32(26-29(30)10-1)20-24-36-35(43)17-9-18-37(36)47-40-14-5-3-12-38(40)46(39-13-4-6-15-41(39)47)33-21-23-34-31(27-33)22-25-45-48(34)42-16-7-8-19-44(42)49-45/h1-28H. The van der Waals surface area contributed by atoms with Gasteiger partial charge in [0.05, 0.1) is 0 Å². The fourth-order valence-electron chi connectivity index (χ4n) is 8.44. The van der Waals surface area contributed by atoms with Gasteiger partial charge in [0.15, 0.2) is 0 Å². The lowest BCUT2D eigenvalue weighted by molar-refractivity contribution is 0.669. The van der Waals surface area contributed by atoms with Crippen LogP contribution in [-0.2, 0) is 0 Å². The topological polar surface area (TPSA) is 13.1 Å². The van der Waals surface area contributed by atoms with Gasteiger partial charge < -0.3 is 4.42 Å². The number of para-hydroxylation sites is 1. The smallest absolute Gasteiger partial charge is 0.136 e. The summed E-state index contributed by atoms with van der Waals surface area (Å²) in [6.45, 7) is 0. The summed E-state index contributed by atoms with van der Waals surface area (Å²) >= 11 is 0. The molecule has 0 radical (unpaired) electrons. The molecule has 0 unspecified atom stereocenters. The molecule has 1 nitrogen and oxygen atoms in total. The highest BCUT2D eigenvalue weighted by Gasteiger charge is 2.19. The molecule has 1 heteroatoms. The summed E-state index contributed by atoms with van der Waals surface area (Å²) in [7, 11) is 0. The van der Waals surface area contributed by atoms with Crippen molar-refractivity contribution in [2.45, 2.75) is 0 Å². The monoisotopic (exact) mass is 620 g/mol. The van der Waals surface area contributed by atoms with Crippen LogP contribution in [0.5, 0.6) is 0 Å². The second-order valence-corrected chi connectivity index (χ2v) is 13.2. The number of hydrogen-bond acceptors (Lipinski definition) is 1.